The van der Waals surface area contributed by atoms with Crippen molar-refractivity contribution in [2.45, 2.75) is 32.3 Å². The number of unbranched alkanes of at least 4 members (excludes halogenated alkanes) is 1. The van der Waals surface area contributed by atoms with E-state index >= 15 is 0 Å². The maximum absolute atomic E-state index is 11.4. The second-order valence-electron chi connectivity index (χ2n) is 3.27. The van der Waals surface area contributed by atoms with Gasteiger partial charge >= 0.3 is 0 Å². The first-order valence-corrected chi connectivity index (χ1v) is 5.04. The van der Waals surface area contributed by atoms with Crippen LogP contribution < -0.4 is 0 Å². The Morgan fingerprint density at radius 1 is 1.53 bits per heavy atom. The monoisotopic (exact) mass is 213 g/mol. The van der Waals surface area contributed by atoms with E-state index in [0.29, 0.717) is 0 Å². The summed E-state index contributed by atoms with van der Waals surface area (Å²) in [5.41, 5.74) is 0. The molecule has 1 radical (unpaired) electrons. The summed E-state index contributed by atoms with van der Waals surface area (Å²) in [6, 6.07) is 0. The van der Waals surface area contributed by atoms with Gasteiger partial charge in [-0.3, -0.25) is 9.59 Å². The fraction of sp³-hybridized carbons (Fsp3) is 0.636. The quantitative estimate of drug-likeness (QED) is 0.451. The Morgan fingerprint density at radius 3 is 2.67 bits per heavy atom. The van der Waals surface area contributed by atoms with Crippen molar-refractivity contribution in [1.29, 1.82) is 0 Å². The van der Waals surface area contributed by atoms with Crippen molar-refractivity contribution >= 4 is 12.1 Å². The van der Waals surface area contributed by atoms with Gasteiger partial charge in [-0.05, 0) is 18.9 Å². The third kappa shape index (κ3) is 5.44. The molecule has 2 unspecified atom stereocenters. The molecule has 2 atom stereocenters. The highest BCUT2D eigenvalue weighted by molar-refractivity contribution is 6.01. The number of aliphatic hydroxyl groups excluding tert-OH is 2. The maximum atomic E-state index is 11.4. The highest BCUT2D eigenvalue weighted by Gasteiger charge is 2.24. The summed E-state index contributed by atoms with van der Waals surface area (Å²) in [5.74, 6) is -1.63. The Kier molecular flexibility index (Phi) is 7.77. The van der Waals surface area contributed by atoms with Crippen molar-refractivity contribution < 1.29 is 19.8 Å². The van der Waals surface area contributed by atoms with Gasteiger partial charge in [-0.25, -0.2) is 0 Å². The molecular formula is C11H17O4. The van der Waals surface area contributed by atoms with E-state index in [1.54, 1.807) is 6.08 Å². The zero-order valence-corrected chi connectivity index (χ0v) is 8.85. The lowest BCUT2D eigenvalue weighted by molar-refractivity contribution is -0.119. The average Bonchev–Trinajstić information content (AvgIpc) is 2.19. The maximum Gasteiger partial charge on any atom is 0.212 e. The summed E-state index contributed by atoms with van der Waals surface area (Å²) >= 11 is 0. The van der Waals surface area contributed by atoms with Crippen LogP contribution in [-0.4, -0.2) is 35.0 Å². The molecule has 0 saturated carbocycles. The highest BCUT2D eigenvalue weighted by Crippen LogP contribution is 2.07. The van der Waals surface area contributed by atoms with Crippen LogP contribution in [0, 0.1) is 5.92 Å². The van der Waals surface area contributed by atoms with Gasteiger partial charge in [0, 0.05) is 6.61 Å². The van der Waals surface area contributed by atoms with E-state index in [9.17, 15) is 14.7 Å². The number of hydrogen-bond acceptors (Lipinski definition) is 4. The zero-order chi connectivity index (χ0) is 11.7. The predicted octanol–water partition coefficient (Wildman–Crippen LogP) is 0.381. The minimum Gasteiger partial charge on any atom is -0.396 e. The van der Waals surface area contributed by atoms with Crippen LogP contribution in [0.2, 0.25) is 0 Å². The first-order chi connectivity index (χ1) is 7.17. The van der Waals surface area contributed by atoms with E-state index in [-0.39, 0.29) is 13.0 Å². The van der Waals surface area contributed by atoms with Crippen LogP contribution in [0.25, 0.3) is 0 Å². The largest absolute Gasteiger partial charge is 0.396 e. The summed E-state index contributed by atoms with van der Waals surface area (Å²) in [7, 11) is 0. The molecule has 0 aliphatic heterocycles. The summed E-state index contributed by atoms with van der Waals surface area (Å²) in [5, 5.41) is 17.9. The van der Waals surface area contributed by atoms with Gasteiger partial charge in [-0.2, -0.15) is 0 Å². The first-order valence-electron chi connectivity index (χ1n) is 5.04. The Balaban J connectivity index is 4.27. The van der Waals surface area contributed by atoms with Crippen LogP contribution in [0.15, 0.2) is 12.2 Å². The normalized spacial score (nSPS) is 15.1. The molecule has 0 amide bonds. The predicted molar refractivity (Wildman–Crippen MR) is 55.9 cm³/mol. The summed E-state index contributed by atoms with van der Waals surface area (Å²) in [4.78, 5) is 21.8. The summed E-state index contributed by atoms with van der Waals surface area (Å²) < 4.78 is 0. The SMILES string of the molecule is CCC/C=C\C(=O)C([C]=O)C(O)CCO. The molecule has 15 heavy (non-hydrogen) atoms. The number of carbonyl (C=O) groups is 1. The molecule has 0 rings (SSSR count). The first kappa shape index (κ1) is 14.0. The molecule has 0 spiro atoms. The van der Waals surface area contributed by atoms with Gasteiger partial charge in [0.1, 0.15) is 5.92 Å². The average molecular weight is 213 g/mol. The highest BCUT2D eigenvalue weighted by atomic mass is 16.3. The molecule has 2 N–H and O–H groups in total. The molecule has 4 heteroatoms. The van der Waals surface area contributed by atoms with Crippen LogP contribution in [0.4, 0.5) is 0 Å². The van der Waals surface area contributed by atoms with Crippen LogP contribution >= 0.6 is 0 Å². The second-order valence-corrected chi connectivity index (χ2v) is 3.27. The molecule has 0 aliphatic rings. The Bertz CT molecular complexity index is 223. The van der Waals surface area contributed by atoms with Crippen molar-refractivity contribution in [3.63, 3.8) is 0 Å². The van der Waals surface area contributed by atoms with E-state index < -0.39 is 17.8 Å². The molecule has 0 bridgehead atoms. The number of rotatable bonds is 8. The number of hydrogen-bond donors (Lipinski definition) is 2. The number of ketones is 1. The molecule has 85 valence electrons. The Morgan fingerprint density at radius 2 is 2.20 bits per heavy atom. The molecule has 0 aromatic carbocycles. The Hall–Kier alpha value is -1.00. The molecule has 0 aromatic heterocycles. The van der Waals surface area contributed by atoms with Gasteiger partial charge in [-0.15, -0.1) is 0 Å². The van der Waals surface area contributed by atoms with E-state index in [2.05, 4.69) is 0 Å². The Labute approximate surface area is 89.6 Å². The number of allylic oxidation sites excluding steroid dienone is 2. The molecule has 0 heterocycles. The lowest BCUT2D eigenvalue weighted by Crippen LogP contribution is -2.29. The van der Waals surface area contributed by atoms with E-state index in [1.807, 2.05) is 6.92 Å². The summed E-state index contributed by atoms with van der Waals surface area (Å²) in [6.45, 7) is 1.71. The topological polar surface area (TPSA) is 74.6 Å². The molecule has 0 aromatic rings. The van der Waals surface area contributed by atoms with Crippen LogP contribution in [0.3, 0.4) is 0 Å². The van der Waals surface area contributed by atoms with Crippen molar-refractivity contribution in [1.82, 2.24) is 0 Å². The standard InChI is InChI=1S/C11H17O4/c1-2-3-4-5-10(14)9(8-13)11(15)6-7-12/h4-5,9,11-12,15H,2-3,6-7H2,1H3/b5-4-. The zero-order valence-electron chi connectivity index (χ0n) is 8.85. The van der Waals surface area contributed by atoms with Crippen molar-refractivity contribution in [3.05, 3.63) is 12.2 Å². The van der Waals surface area contributed by atoms with Crippen molar-refractivity contribution in [2.75, 3.05) is 6.61 Å². The van der Waals surface area contributed by atoms with Crippen molar-refractivity contribution in [2.24, 2.45) is 5.92 Å². The van der Waals surface area contributed by atoms with E-state index in [0.717, 1.165) is 12.8 Å². The number of aliphatic hydroxyl groups is 2. The molecular weight excluding hydrogens is 196 g/mol. The minimum atomic E-state index is -1.18. The third-order valence-corrected chi connectivity index (χ3v) is 1.98. The van der Waals surface area contributed by atoms with Gasteiger partial charge in [0.05, 0.1) is 6.10 Å². The molecule has 0 fully saturated rings. The van der Waals surface area contributed by atoms with Gasteiger partial charge in [-0.1, -0.05) is 19.4 Å². The third-order valence-electron chi connectivity index (χ3n) is 1.98. The van der Waals surface area contributed by atoms with Crippen LogP contribution in [-0.2, 0) is 9.59 Å². The van der Waals surface area contributed by atoms with Crippen molar-refractivity contribution in [3.8, 4) is 0 Å². The molecule has 0 saturated heterocycles. The van der Waals surface area contributed by atoms with Gasteiger partial charge in [0.2, 0.25) is 6.29 Å². The minimum absolute atomic E-state index is 0.00721. The van der Waals surface area contributed by atoms with E-state index in [4.69, 9.17) is 5.11 Å². The van der Waals surface area contributed by atoms with Gasteiger partial charge in [0.15, 0.2) is 5.78 Å². The fourth-order valence-electron chi connectivity index (χ4n) is 1.09. The lowest BCUT2D eigenvalue weighted by Gasteiger charge is -2.12. The van der Waals surface area contributed by atoms with Crippen LogP contribution in [0.5, 0.6) is 0 Å². The van der Waals surface area contributed by atoms with Crippen LogP contribution in [0.1, 0.15) is 26.2 Å². The van der Waals surface area contributed by atoms with Gasteiger partial charge in [0.25, 0.3) is 0 Å². The summed E-state index contributed by atoms with van der Waals surface area (Å²) in [6.07, 6.45) is 4.99. The molecule has 4 nitrogen and oxygen atoms in total. The van der Waals surface area contributed by atoms with Gasteiger partial charge < -0.3 is 10.2 Å². The number of carbonyl (C=O) groups excluding carboxylic acids is 2. The van der Waals surface area contributed by atoms with E-state index in [1.165, 1.54) is 12.4 Å². The molecule has 0 aliphatic carbocycles. The fourth-order valence-corrected chi connectivity index (χ4v) is 1.09. The second kappa shape index (κ2) is 8.32. The lowest BCUT2D eigenvalue weighted by atomic mass is 9.96. The smallest absolute Gasteiger partial charge is 0.212 e.